The molecule has 5 nitrogen and oxygen atoms in total. The summed E-state index contributed by atoms with van der Waals surface area (Å²) in [7, 11) is 3.20. The van der Waals surface area contributed by atoms with Gasteiger partial charge >= 0.3 is 0 Å². The molecule has 0 aliphatic heterocycles. The number of nitrogens with zero attached hydrogens (tertiary/aromatic N) is 1. The van der Waals surface area contributed by atoms with Crippen LogP contribution < -0.4 is 14.8 Å². The van der Waals surface area contributed by atoms with Crippen LogP contribution in [-0.2, 0) is 0 Å². The molecule has 32 heavy (non-hydrogen) atoms. The minimum Gasteiger partial charge on any atom is -0.493 e. The molecule has 4 aromatic rings. The Hall–Kier alpha value is -3.86. The van der Waals surface area contributed by atoms with Gasteiger partial charge in [-0.05, 0) is 62.2 Å². The number of fused-ring (bicyclic) bond motifs is 1. The van der Waals surface area contributed by atoms with Crippen LogP contribution in [0.2, 0.25) is 0 Å². The number of hydrogen-bond acceptors (Lipinski definition) is 4. The number of rotatable bonds is 5. The Bertz CT molecular complexity index is 1310. The molecule has 4 rings (SSSR count). The van der Waals surface area contributed by atoms with Gasteiger partial charge in [-0.25, -0.2) is 4.98 Å². The number of nitrogens with one attached hydrogen (secondary N) is 1. The third-order valence-corrected chi connectivity index (χ3v) is 5.56. The van der Waals surface area contributed by atoms with E-state index in [1.54, 1.807) is 14.2 Å². The van der Waals surface area contributed by atoms with Crippen LogP contribution in [-0.4, -0.2) is 25.1 Å². The predicted octanol–water partition coefficient (Wildman–Crippen LogP) is 6.10. The van der Waals surface area contributed by atoms with Gasteiger partial charge < -0.3 is 14.8 Å². The van der Waals surface area contributed by atoms with Crippen molar-refractivity contribution in [1.29, 1.82) is 0 Å². The van der Waals surface area contributed by atoms with Crippen molar-refractivity contribution in [2.75, 3.05) is 19.5 Å². The molecule has 0 fully saturated rings. The fraction of sp³-hybridized carbons (Fsp3) is 0.185. The first-order valence-corrected chi connectivity index (χ1v) is 10.4. The molecular formula is C27H26N2O3. The molecule has 0 aliphatic carbocycles. The van der Waals surface area contributed by atoms with E-state index < -0.39 is 0 Å². The average molecular weight is 427 g/mol. The Morgan fingerprint density at radius 3 is 2.22 bits per heavy atom. The van der Waals surface area contributed by atoms with Crippen LogP contribution in [0.5, 0.6) is 11.5 Å². The number of amides is 1. The number of para-hydroxylation sites is 1. The van der Waals surface area contributed by atoms with Gasteiger partial charge in [-0.1, -0.05) is 35.9 Å². The molecule has 5 heteroatoms. The van der Waals surface area contributed by atoms with Crippen LogP contribution in [0.25, 0.3) is 22.2 Å². The summed E-state index contributed by atoms with van der Waals surface area (Å²) in [5.74, 6) is 1.08. The maximum absolute atomic E-state index is 13.4. The fourth-order valence-corrected chi connectivity index (χ4v) is 4.06. The molecule has 0 unspecified atom stereocenters. The Balaban J connectivity index is 1.82. The van der Waals surface area contributed by atoms with E-state index in [0.717, 1.165) is 33.3 Å². The zero-order valence-electron chi connectivity index (χ0n) is 18.9. The third kappa shape index (κ3) is 4.02. The SMILES string of the molecule is COc1ccc(-c2cc(C(=O)Nc3c(C)cc(C)cc3C)c3ccccc3n2)cc1OC. The van der Waals surface area contributed by atoms with Gasteiger partial charge in [0.2, 0.25) is 0 Å². The monoisotopic (exact) mass is 426 g/mol. The highest BCUT2D eigenvalue weighted by molar-refractivity contribution is 6.13. The highest BCUT2D eigenvalue weighted by Crippen LogP contribution is 2.33. The number of aryl methyl sites for hydroxylation is 3. The second-order valence-corrected chi connectivity index (χ2v) is 7.87. The van der Waals surface area contributed by atoms with Crippen LogP contribution in [0, 0.1) is 20.8 Å². The standard InChI is InChI=1S/C27H26N2O3/c1-16-12-17(2)26(18(3)13-16)29-27(30)21-15-23(28-22-9-7-6-8-20(21)22)19-10-11-24(31-4)25(14-19)32-5/h6-15H,1-5H3,(H,29,30). The van der Waals surface area contributed by atoms with Crippen molar-refractivity contribution >= 4 is 22.5 Å². The van der Waals surface area contributed by atoms with E-state index in [0.29, 0.717) is 22.8 Å². The number of pyridine rings is 1. The van der Waals surface area contributed by atoms with E-state index in [4.69, 9.17) is 14.5 Å². The van der Waals surface area contributed by atoms with Crippen molar-refractivity contribution < 1.29 is 14.3 Å². The molecule has 0 saturated heterocycles. The molecule has 1 aromatic heterocycles. The number of anilines is 1. The summed E-state index contributed by atoms with van der Waals surface area (Å²) in [6.07, 6.45) is 0. The van der Waals surface area contributed by atoms with Gasteiger partial charge in [-0.3, -0.25) is 4.79 Å². The van der Waals surface area contributed by atoms with Gasteiger partial charge in [0.25, 0.3) is 5.91 Å². The van der Waals surface area contributed by atoms with Gasteiger partial charge in [0.05, 0.1) is 31.0 Å². The first-order valence-electron chi connectivity index (χ1n) is 10.4. The number of carbonyl (C=O) groups excluding carboxylic acids is 1. The zero-order valence-corrected chi connectivity index (χ0v) is 18.9. The molecule has 1 N–H and O–H groups in total. The molecule has 0 saturated carbocycles. The topological polar surface area (TPSA) is 60.5 Å². The fourth-order valence-electron chi connectivity index (χ4n) is 4.06. The third-order valence-electron chi connectivity index (χ3n) is 5.56. The van der Waals surface area contributed by atoms with E-state index in [2.05, 4.69) is 24.4 Å². The molecule has 162 valence electrons. The maximum Gasteiger partial charge on any atom is 0.256 e. The normalized spacial score (nSPS) is 10.8. The molecule has 0 spiro atoms. The van der Waals surface area contributed by atoms with Gasteiger partial charge in [0.15, 0.2) is 11.5 Å². The number of carbonyl (C=O) groups is 1. The summed E-state index contributed by atoms with van der Waals surface area (Å²) in [6, 6.07) is 19.3. The number of aromatic nitrogens is 1. The number of methoxy groups -OCH3 is 2. The summed E-state index contributed by atoms with van der Waals surface area (Å²) >= 11 is 0. The summed E-state index contributed by atoms with van der Waals surface area (Å²) < 4.78 is 10.8. The van der Waals surface area contributed by atoms with E-state index in [1.165, 1.54) is 5.56 Å². The van der Waals surface area contributed by atoms with E-state index in [9.17, 15) is 4.79 Å². The molecule has 0 atom stereocenters. The van der Waals surface area contributed by atoms with Crippen molar-refractivity contribution in [2.45, 2.75) is 20.8 Å². The second kappa shape index (κ2) is 8.71. The average Bonchev–Trinajstić information content (AvgIpc) is 2.80. The molecule has 0 radical (unpaired) electrons. The Kier molecular flexibility index (Phi) is 5.82. The maximum atomic E-state index is 13.4. The lowest BCUT2D eigenvalue weighted by atomic mass is 10.0. The Morgan fingerprint density at radius 2 is 1.53 bits per heavy atom. The number of benzene rings is 3. The molecular weight excluding hydrogens is 400 g/mol. The first kappa shape index (κ1) is 21.4. The highest BCUT2D eigenvalue weighted by atomic mass is 16.5. The van der Waals surface area contributed by atoms with E-state index in [-0.39, 0.29) is 5.91 Å². The number of ether oxygens (including phenoxy) is 2. The van der Waals surface area contributed by atoms with Gasteiger partial charge in [-0.15, -0.1) is 0 Å². The van der Waals surface area contributed by atoms with Crippen molar-refractivity contribution in [3.63, 3.8) is 0 Å². The molecule has 1 amide bonds. The molecule has 0 bridgehead atoms. The van der Waals surface area contributed by atoms with Crippen LogP contribution in [0.1, 0.15) is 27.0 Å². The largest absolute Gasteiger partial charge is 0.493 e. The minimum atomic E-state index is -0.166. The smallest absolute Gasteiger partial charge is 0.256 e. The van der Waals surface area contributed by atoms with Crippen molar-refractivity contribution in [3.05, 3.63) is 82.9 Å². The van der Waals surface area contributed by atoms with Crippen molar-refractivity contribution in [3.8, 4) is 22.8 Å². The number of hydrogen-bond donors (Lipinski definition) is 1. The minimum absolute atomic E-state index is 0.166. The predicted molar refractivity (Wildman–Crippen MR) is 129 cm³/mol. The Morgan fingerprint density at radius 1 is 0.844 bits per heavy atom. The van der Waals surface area contributed by atoms with Gasteiger partial charge in [-0.2, -0.15) is 0 Å². The lowest BCUT2D eigenvalue weighted by Crippen LogP contribution is -2.15. The first-order chi connectivity index (χ1) is 15.4. The lowest BCUT2D eigenvalue weighted by molar-refractivity contribution is 0.102. The van der Waals surface area contributed by atoms with Gasteiger partial charge in [0, 0.05) is 16.6 Å². The second-order valence-electron chi connectivity index (χ2n) is 7.87. The van der Waals surface area contributed by atoms with E-state index in [1.807, 2.05) is 62.4 Å². The van der Waals surface area contributed by atoms with Crippen LogP contribution in [0.4, 0.5) is 5.69 Å². The molecule has 1 heterocycles. The summed E-state index contributed by atoms with van der Waals surface area (Å²) in [4.78, 5) is 18.2. The molecule has 3 aromatic carbocycles. The Labute approximate surface area is 188 Å². The highest BCUT2D eigenvalue weighted by Gasteiger charge is 2.17. The lowest BCUT2D eigenvalue weighted by Gasteiger charge is -2.15. The van der Waals surface area contributed by atoms with E-state index >= 15 is 0 Å². The quantitative estimate of drug-likeness (QED) is 0.419. The zero-order chi connectivity index (χ0) is 22.8. The van der Waals surface area contributed by atoms with Gasteiger partial charge in [0.1, 0.15) is 0 Å². The van der Waals surface area contributed by atoms with Crippen LogP contribution in [0.15, 0.2) is 60.7 Å². The molecule has 0 aliphatic rings. The van der Waals surface area contributed by atoms with Crippen molar-refractivity contribution in [2.24, 2.45) is 0 Å². The summed E-state index contributed by atoms with van der Waals surface area (Å²) in [5, 5.41) is 3.92. The van der Waals surface area contributed by atoms with Crippen LogP contribution in [0.3, 0.4) is 0 Å². The summed E-state index contributed by atoms with van der Waals surface area (Å²) in [5.41, 5.74) is 6.93. The van der Waals surface area contributed by atoms with Crippen molar-refractivity contribution in [1.82, 2.24) is 4.98 Å². The van der Waals surface area contributed by atoms with Crippen LogP contribution >= 0.6 is 0 Å². The summed E-state index contributed by atoms with van der Waals surface area (Å²) in [6.45, 7) is 6.07.